The average Bonchev–Trinajstić information content (AvgIpc) is 3.38. The molecule has 4 rings (SSSR count). The van der Waals surface area contributed by atoms with E-state index in [0.29, 0.717) is 0 Å². The maximum atomic E-state index is 5.16. The molecule has 4 aromatic heterocycles. The molecule has 0 aliphatic rings. The van der Waals surface area contributed by atoms with Crippen molar-refractivity contribution in [2.75, 3.05) is 0 Å². The number of hydrogen-bond donors (Lipinski definition) is 0. The standard InChI is InChI=1S/C27H32N6.Pt/c1-15-11-13-32(30-15)25-21(7)17(3)19(5)23(28-25)27(9,10)24-20(6)18(4)22(8)26(29-24)33-14-12-16(2)31-33;/h11-12H,1-10H3;/q-2;+2. The van der Waals surface area contributed by atoms with E-state index in [1.165, 1.54) is 22.3 Å². The molecule has 0 bridgehead atoms. The summed E-state index contributed by atoms with van der Waals surface area (Å²) in [6.07, 6.45) is 6.40. The van der Waals surface area contributed by atoms with E-state index in [2.05, 4.69) is 78.0 Å². The fraction of sp³-hybridized carbons (Fsp3) is 0.407. The topological polar surface area (TPSA) is 61.4 Å². The molecule has 4 aromatic rings. The Bertz CT molecular complexity index is 1270. The molecule has 180 valence electrons. The van der Waals surface area contributed by atoms with Crippen LogP contribution in [0.5, 0.6) is 0 Å². The van der Waals surface area contributed by atoms with Crippen molar-refractivity contribution in [3.8, 4) is 11.6 Å². The fourth-order valence-electron chi connectivity index (χ4n) is 4.50. The smallest absolute Gasteiger partial charge is 0.343 e. The summed E-state index contributed by atoms with van der Waals surface area (Å²) in [4.78, 5) is 10.3. The zero-order valence-corrected chi connectivity index (χ0v) is 23.9. The minimum atomic E-state index is -0.445. The molecular weight excluding hydrogens is 603 g/mol. The number of aryl methyl sites for hydroxylation is 2. The normalized spacial score (nSPS) is 11.6. The van der Waals surface area contributed by atoms with Crippen LogP contribution in [-0.4, -0.2) is 29.5 Å². The Morgan fingerprint density at radius 2 is 0.941 bits per heavy atom. The van der Waals surface area contributed by atoms with Crippen LogP contribution in [-0.2, 0) is 26.5 Å². The third-order valence-corrected chi connectivity index (χ3v) is 6.96. The molecule has 0 radical (unpaired) electrons. The molecule has 34 heavy (non-hydrogen) atoms. The van der Waals surface area contributed by atoms with Gasteiger partial charge in [-0.3, -0.25) is 20.2 Å². The largest absolute Gasteiger partial charge is 2.00 e. The van der Waals surface area contributed by atoms with Gasteiger partial charge in [0.1, 0.15) is 0 Å². The predicted octanol–water partition coefficient (Wildman–Crippen LogP) is 5.24. The zero-order chi connectivity index (χ0) is 24.2. The molecule has 0 fully saturated rings. The van der Waals surface area contributed by atoms with E-state index in [4.69, 9.17) is 9.97 Å². The van der Waals surface area contributed by atoms with E-state index in [9.17, 15) is 0 Å². The van der Waals surface area contributed by atoms with Crippen LogP contribution < -0.4 is 0 Å². The summed E-state index contributed by atoms with van der Waals surface area (Å²) in [5.74, 6) is 1.62. The van der Waals surface area contributed by atoms with E-state index in [1.807, 2.05) is 26.0 Å². The first-order valence-corrected chi connectivity index (χ1v) is 11.3. The van der Waals surface area contributed by atoms with Crippen molar-refractivity contribution in [2.24, 2.45) is 0 Å². The van der Waals surface area contributed by atoms with Gasteiger partial charge >= 0.3 is 21.1 Å². The van der Waals surface area contributed by atoms with Crippen molar-refractivity contribution in [1.82, 2.24) is 29.5 Å². The van der Waals surface area contributed by atoms with Gasteiger partial charge in [-0.25, -0.2) is 0 Å². The fourth-order valence-corrected chi connectivity index (χ4v) is 4.50. The van der Waals surface area contributed by atoms with Crippen LogP contribution in [0.2, 0.25) is 0 Å². The van der Waals surface area contributed by atoms with Gasteiger partial charge in [0, 0.05) is 16.8 Å². The third-order valence-electron chi connectivity index (χ3n) is 6.96. The SMILES string of the molecule is Cc1c[c-]n(-c2nc(C(C)(C)c3nc(-n4[c-]cc(C)n4)c(C)c(C)c3C)c(C)c(C)c2C)n1.[Pt+2]. The minimum absolute atomic E-state index is 0. The average molecular weight is 636 g/mol. The first kappa shape index (κ1) is 26.0. The van der Waals surface area contributed by atoms with Gasteiger partial charge in [-0.2, -0.15) is 0 Å². The molecule has 0 saturated carbocycles. The molecule has 4 heterocycles. The molecule has 0 aromatic carbocycles. The first-order chi connectivity index (χ1) is 15.4. The van der Waals surface area contributed by atoms with Crippen LogP contribution in [0.1, 0.15) is 70.0 Å². The predicted molar refractivity (Wildman–Crippen MR) is 130 cm³/mol. The summed E-state index contributed by atoms with van der Waals surface area (Å²) in [7, 11) is 0. The van der Waals surface area contributed by atoms with Crippen molar-refractivity contribution < 1.29 is 21.1 Å². The van der Waals surface area contributed by atoms with Gasteiger partial charge in [0.05, 0.1) is 11.6 Å². The first-order valence-electron chi connectivity index (χ1n) is 11.3. The summed E-state index contributed by atoms with van der Waals surface area (Å²) in [6.45, 7) is 21.1. The second kappa shape index (κ2) is 9.22. The second-order valence-electron chi connectivity index (χ2n) is 9.60. The van der Waals surface area contributed by atoms with Gasteiger partial charge in [-0.15, -0.1) is 12.1 Å². The summed E-state index contributed by atoms with van der Waals surface area (Å²) >= 11 is 0. The number of nitrogens with zero attached hydrogens (tertiary/aromatic N) is 6. The van der Waals surface area contributed by atoms with Crippen molar-refractivity contribution in [3.05, 3.63) is 80.7 Å². The maximum Gasteiger partial charge on any atom is 2.00 e. The summed E-state index contributed by atoms with van der Waals surface area (Å²) in [5.41, 5.74) is 10.4. The zero-order valence-electron chi connectivity index (χ0n) is 21.7. The molecule has 0 aliphatic heterocycles. The Morgan fingerprint density at radius 3 is 1.24 bits per heavy atom. The Hall–Kier alpha value is -2.59. The molecular formula is C27H32N6Pt. The van der Waals surface area contributed by atoms with Crippen LogP contribution in [0, 0.1) is 67.8 Å². The van der Waals surface area contributed by atoms with Crippen LogP contribution in [0.4, 0.5) is 0 Å². The second-order valence-corrected chi connectivity index (χ2v) is 9.60. The van der Waals surface area contributed by atoms with Crippen molar-refractivity contribution in [2.45, 2.75) is 74.7 Å². The third kappa shape index (κ3) is 4.17. The van der Waals surface area contributed by atoms with Crippen molar-refractivity contribution in [1.29, 1.82) is 0 Å². The molecule has 6 nitrogen and oxygen atoms in total. The molecule has 0 spiro atoms. The summed E-state index contributed by atoms with van der Waals surface area (Å²) in [6, 6.07) is 3.76. The van der Waals surface area contributed by atoms with Gasteiger partial charge < -0.3 is 9.36 Å². The van der Waals surface area contributed by atoms with Gasteiger partial charge in [0.25, 0.3) is 0 Å². The van der Waals surface area contributed by atoms with Gasteiger partial charge in [0.15, 0.2) is 0 Å². The van der Waals surface area contributed by atoms with Crippen molar-refractivity contribution >= 4 is 0 Å². The quantitative estimate of drug-likeness (QED) is 0.288. The monoisotopic (exact) mass is 635 g/mol. The Labute approximate surface area is 217 Å². The number of rotatable bonds is 4. The van der Waals surface area contributed by atoms with Crippen LogP contribution in [0.25, 0.3) is 11.6 Å². The number of pyridine rings is 2. The number of hydrogen-bond acceptors (Lipinski definition) is 4. The van der Waals surface area contributed by atoms with E-state index in [0.717, 1.165) is 45.5 Å². The maximum absolute atomic E-state index is 5.16. The minimum Gasteiger partial charge on any atom is -0.343 e. The Balaban J connectivity index is 0.00000324. The molecule has 0 amide bonds. The molecule has 0 aliphatic carbocycles. The van der Waals surface area contributed by atoms with Crippen LogP contribution in [0.15, 0.2) is 12.1 Å². The van der Waals surface area contributed by atoms with E-state index in [-0.39, 0.29) is 21.1 Å². The molecule has 0 saturated heterocycles. The summed E-state index contributed by atoms with van der Waals surface area (Å²) in [5, 5.41) is 9.15. The van der Waals surface area contributed by atoms with Gasteiger partial charge in [0.2, 0.25) is 0 Å². The van der Waals surface area contributed by atoms with Gasteiger partial charge in [-0.1, -0.05) is 48.5 Å². The van der Waals surface area contributed by atoms with Gasteiger partial charge in [-0.05, 0) is 77.9 Å². The van der Waals surface area contributed by atoms with E-state index in [1.54, 1.807) is 9.36 Å². The molecule has 0 atom stereocenters. The number of aromatic nitrogens is 6. The van der Waals surface area contributed by atoms with Crippen molar-refractivity contribution in [3.63, 3.8) is 0 Å². The molecule has 0 unspecified atom stereocenters. The van der Waals surface area contributed by atoms with E-state index < -0.39 is 5.41 Å². The Kier molecular flexibility index (Phi) is 7.06. The molecule has 0 N–H and O–H groups in total. The Morgan fingerprint density at radius 1 is 0.588 bits per heavy atom. The van der Waals surface area contributed by atoms with E-state index >= 15 is 0 Å². The molecule has 7 heteroatoms. The summed E-state index contributed by atoms with van der Waals surface area (Å²) < 4.78 is 3.51. The van der Waals surface area contributed by atoms with Crippen LogP contribution in [0.3, 0.4) is 0 Å². The van der Waals surface area contributed by atoms with Crippen LogP contribution >= 0.6 is 0 Å².